The molecular formula is C20H41N5. The Morgan fingerprint density at radius 1 is 1.04 bits per heavy atom. The first kappa shape index (κ1) is 20.5. The van der Waals surface area contributed by atoms with Gasteiger partial charge in [-0.05, 0) is 57.0 Å². The third-order valence-electron chi connectivity index (χ3n) is 5.58. The van der Waals surface area contributed by atoms with E-state index in [9.17, 15) is 0 Å². The standard InChI is InChI=1S/C20H41N5/c1-5-10-24-12-7-19(8-13-24)23-20(21-4)22-9-6-11-25-15-17(2)14-18(3)16-25/h17-19H,5-16H2,1-4H3,(H2,21,22,23). The highest BCUT2D eigenvalue weighted by molar-refractivity contribution is 5.79. The van der Waals surface area contributed by atoms with Gasteiger partial charge in [-0.2, -0.15) is 0 Å². The lowest BCUT2D eigenvalue weighted by molar-refractivity contribution is 0.140. The fourth-order valence-electron chi connectivity index (χ4n) is 4.49. The fraction of sp³-hybridized carbons (Fsp3) is 0.950. The van der Waals surface area contributed by atoms with Crippen LogP contribution in [-0.2, 0) is 0 Å². The van der Waals surface area contributed by atoms with Crippen LogP contribution >= 0.6 is 0 Å². The second-order valence-electron chi connectivity index (χ2n) is 8.32. The van der Waals surface area contributed by atoms with Crippen LogP contribution in [0.15, 0.2) is 4.99 Å². The molecule has 2 N–H and O–H groups in total. The van der Waals surface area contributed by atoms with Gasteiger partial charge in [0.05, 0.1) is 0 Å². The number of nitrogens with zero attached hydrogens (tertiary/aromatic N) is 3. The van der Waals surface area contributed by atoms with Gasteiger partial charge in [-0.3, -0.25) is 4.99 Å². The maximum absolute atomic E-state index is 4.41. The molecule has 0 aromatic rings. The Morgan fingerprint density at radius 2 is 1.72 bits per heavy atom. The first-order valence-electron chi connectivity index (χ1n) is 10.5. The van der Waals surface area contributed by atoms with E-state index in [1.807, 2.05) is 7.05 Å². The number of hydrogen-bond acceptors (Lipinski definition) is 3. The average Bonchev–Trinajstić information content (AvgIpc) is 2.58. The lowest BCUT2D eigenvalue weighted by atomic mass is 9.92. The number of likely N-dealkylation sites (tertiary alicyclic amines) is 2. The van der Waals surface area contributed by atoms with E-state index in [4.69, 9.17) is 0 Å². The minimum Gasteiger partial charge on any atom is -0.356 e. The molecule has 0 aliphatic carbocycles. The monoisotopic (exact) mass is 351 g/mol. The molecule has 146 valence electrons. The summed E-state index contributed by atoms with van der Waals surface area (Å²) in [6.07, 6.45) is 6.29. The molecule has 0 saturated carbocycles. The second kappa shape index (κ2) is 11.0. The molecule has 0 aromatic heterocycles. The van der Waals surface area contributed by atoms with E-state index in [1.54, 1.807) is 0 Å². The molecule has 2 aliphatic heterocycles. The van der Waals surface area contributed by atoms with Crippen LogP contribution in [0.1, 0.15) is 52.9 Å². The Bertz CT molecular complexity index is 380. The quantitative estimate of drug-likeness (QED) is 0.420. The van der Waals surface area contributed by atoms with Crippen LogP contribution in [0.2, 0.25) is 0 Å². The lowest BCUT2D eigenvalue weighted by Gasteiger charge is -2.35. The van der Waals surface area contributed by atoms with E-state index in [1.165, 1.54) is 71.4 Å². The SMILES string of the molecule is CCCN1CCC(NC(=NC)NCCCN2CC(C)CC(C)C2)CC1. The summed E-state index contributed by atoms with van der Waals surface area (Å²) in [6.45, 7) is 15.5. The molecule has 0 amide bonds. The Labute approximate surface area is 155 Å². The molecule has 0 bridgehead atoms. The minimum absolute atomic E-state index is 0.572. The number of piperidine rings is 2. The molecule has 0 radical (unpaired) electrons. The third kappa shape index (κ3) is 7.53. The number of aliphatic imine (C=N–C) groups is 1. The van der Waals surface area contributed by atoms with Crippen molar-refractivity contribution in [2.45, 2.75) is 58.9 Å². The highest BCUT2D eigenvalue weighted by Gasteiger charge is 2.21. The summed E-state index contributed by atoms with van der Waals surface area (Å²) >= 11 is 0. The van der Waals surface area contributed by atoms with Gasteiger partial charge in [0.2, 0.25) is 0 Å². The number of hydrogen-bond donors (Lipinski definition) is 2. The Kier molecular flexibility index (Phi) is 9.04. The van der Waals surface area contributed by atoms with E-state index in [2.05, 4.69) is 46.2 Å². The van der Waals surface area contributed by atoms with Gasteiger partial charge in [0.15, 0.2) is 5.96 Å². The fourth-order valence-corrected chi connectivity index (χ4v) is 4.49. The molecule has 2 saturated heterocycles. The zero-order chi connectivity index (χ0) is 18.1. The van der Waals surface area contributed by atoms with Crippen molar-refractivity contribution < 1.29 is 0 Å². The van der Waals surface area contributed by atoms with Gasteiger partial charge in [0.1, 0.15) is 0 Å². The molecule has 5 nitrogen and oxygen atoms in total. The van der Waals surface area contributed by atoms with Crippen molar-refractivity contribution in [1.29, 1.82) is 0 Å². The Balaban J connectivity index is 1.59. The van der Waals surface area contributed by atoms with Crippen LogP contribution in [0.3, 0.4) is 0 Å². The van der Waals surface area contributed by atoms with E-state index < -0.39 is 0 Å². The van der Waals surface area contributed by atoms with Crippen LogP contribution in [0.25, 0.3) is 0 Å². The Morgan fingerprint density at radius 3 is 2.32 bits per heavy atom. The molecule has 0 spiro atoms. The molecule has 2 aliphatic rings. The summed E-state index contributed by atoms with van der Waals surface area (Å²) in [4.78, 5) is 9.63. The van der Waals surface area contributed by atoms with Crippen LogP contribution in [0.4, 0.5) is 0 Å². The highest BCUT2D eigenvalue weighted by atomic mass is 15.2. The zero-order valence-electron chi connectivity index (χ0n) is 17.1. The predicted octanol–water partition coefficient (Wildman–Crippen LogP) is 2.39. The van der Waals surface area contributed by atoms with Gasteiger partial charge in [0, 0.05) is 45.8 Å². The van der Waals surface area contributed by atoms with Crippen LogP contribution in [0.5, 0.6) is 0 Å². The van der Waals surface area contributed by atoms with E-state index >= 15 is 0 Å². The maximum atomic E-state index is 4.41. The summed E-state index contributed by atoms with van der Waals surface area (Å²) in [5.74, 6) is 2.68. The van der Waals surface area contributed by atoms with Crippen molar-refractivity contribution in [3.05, 3.63) is 0 Å². The normalized spacial score (nSPS) is 27.4. The number of nitrogens with one attached hydrogen (secondary N) is 2. The van der Waals surface area contributed by atoms with Gasteiger partial charge >= 0.3 is 0 Å². The molecular weight excluding hydrogens is 310 g/mol. The highest BCUT2D eigenvalue weighted by Crippen LogP contribution is 2.20. The predicted molar refractivity (Wildman–Crippen MR) is 108 cm³/mol. The topological polar surface area (TPSA) is 42.9 Å². The first-order chi connectivity index (χ1) is 12.1. The second-order valence-corrected chi connectivity index (χ2v) is 8.32. The van der Waals surface area contributed by atoms with Crippen molar-refractivity contribution >= 4 is 5.96 Å². The van der Waals surface area contributed by atoms with Crippen molar-refractivity contribution in [2.75, 3.05) is 52.9 Å². The number of guanidine groups is 1. The van der Waals surface area contributed by atoms with Crippen molar-refractivity contribution in [3.8, 4) is 0 Å². The summed E-state index contributed by atoms with van der Waals surface area (Å²) in [7, 11) is 1.88. The maximum Gasteiger partial charge on any atom is 0.191 e. The van der Waals surface area contributed by atoms with Crippen molar-refractivity contribution in [2.24, 2.45) is 16.8 Å². The summed E-state index contributed by atoms with van der Waals surface area (Å²) < 4.78 is 0. The molecule has 25 heavy (non-hydrogen) atoms. The Hall–Kier alpha value is -0.810. The first-order valence-corrected chi connectivity index (χ1v) is 10.5. The zero-order valence-corrected chi connectivity index (χ0v) is 17.1. The smallest absolute Gasteiger partial charge is 0.191 e. The third-order valence-corrected chi connectivity index (χ3v) is 5.58. The van der Waals surface area contributed by atoms with E-state index in [0.717, 1.165) is 24.3 Å². The van der Waals surface area contributed by atoms with E-state index in [0.29, 0.717) is 6.04 Å². The molecule has 2 fully saturated rings. The van der Waals surface area contributed by atoms with Gasteiger partial charge in [-0.15, -0.1) is 0 Å². The van der Waals surface area contributed by atoms with Gasteiger partial charge in [-0.1, -0.05) is 20.8 Å². The van der Waals surface area contributed by atoms with Crippen LogP contribution < -0.4 is 10.6 Å². The minimum atomic E-state index is 0.572. The number of rotatable bonds is 7. The summed E-state index contributed by atoms with van der Waals surface area (Å²) in [5, 5.41) is 7.13. The molecule has 2 unspecified atom stereocenters. The van der Waals surface area contributed by atoms with Gasteiger partial charge in [-0.25, -0.2) is 0 Å². The molecule has 5 heteroatoms. The lowest BCUT2D eigenvalue weighted by Crippen LogP contribution is -2.49. The van der Waals surface area contributed by atoms with Crippen molar-refractivity contribution in [3.63, 3.8) is 0 Å². The largest absolute Gasteiger partial charge is 0.356 e. The van der Waals surface area contributed by atoms with Gasteiger partial charge in [0.25, 0.3) is 0 Å². The van der Waals surface area contributed by atoms with Crippen LogP contribution in [-0.4, -0.2) is 74.7 Å². The molecule has 2 rings (SSSR count). The van der Waals surface area contributed by atoms with Gasteiger partial charge < -0.3 is 20.4 Å². The average molecular weight is 352 g/mol. The summed E-state index contributed by atoms with van der Waals surface area (Å²) in [5.41, 5.74) is 0. The molecule has 0 aromatic carbocycles. The van der Waals surface area contributed by atoms with Crippen molar-refractivity contribution in [1.82, 2.24) is 20.4 Å². The molecule has 2 atom stereocenters. The summed E-state index contributed by atoms with van der Waals surface area (Å²) in [6, 6.07) is 0.572. The van der Waals surface area contributed by atoms with Crippen LogP contribution in [0, 0.1) is 11.8 Å². The molecule has 2 heterocycles. The van der Waals surface area contributed by atoms with E-state index in [-0.39, 0.29) is 0 Å².